The number of hydroxylamine groups is 1. The molecule has 2 rings (SSSR count). The van der Waals surface area contributed by atoms with Gasteiger partial charge in [0.2, 0.25) is 5.91 Å². The first kappa shape index (κ1) is 20.6. The van der Waals surface area contributed by atoms with Crippen molar-refractivity contribution in [1.29, 1.82) is 0 Å². The smallest absolute Gasteiger partial charge is 0.327 e. The minimum absolute atomic E-state index is 0.219. The number of urea groups is 1. The van der Waals surface area contributed by atoms with Crippen molar-refractivity contribution in [3.63, 3.8) is 0 Å². The monoisotopic (exact) mass is 401 g/mol. The molecule has 148 valence electrons. The molecule has 0 spiro atoms. The van der Waals surface area contributed by atoms with E-state index >= 15 is 0 Å². The zero-order valence-corrected chi connectivity index (χ0v) is 15.4. The van der Waals surface area contributed by atoms with Crippen molar-refractivity contribution < 1.29 is 37.9 Å². The number of likely N-dealkylation sites (N-methyl/N-ethyl adjacent to an activating group) is 1. The predicted molar refractivity (Wildman–Crippen MR) is 89.7 cm³/mol. The van der Waals surface area contributed by atoms with E-state index in [1.54, 1.807) is 0 Å². The number of benzene rings is 1. The van der Waals surface area contributed by atoms with Crippen LogP contribution in [0.5, 0.6) is 5.75 Å². The molecule has 0 bridgehead atoms. The summed E-state index contributed by atoms with van der Waals surface area (Å²) in [5, 5.41) is 19.5. The zero-order chi connectivity index (χ0) is 20.4. The van der Waals surface area contributed by atoms with Crippen LogP contribution >= 0.6 is 0 Å². The van der Waals surface area contributed by atoms with E-state index in [0.717, 1.165) is 4.90 Å². The lowest BCUT2D eigenvalue weighted by Gasteiger charge is -2.29. The highest BCUT2D eigenvalue weighted by atomic mass is 32.2. The number of rotatable bonds is 7. The summed E-state index contributed by atoms with van der Waals surface area (Å²) < 4.78 is 30.1. The van der Waals surface area contributed by atoms with E-state index in [2.05, 4.69) is 0 Å². The number of β-amino-alcohol motifs (C(OH)–C–C–N with tert-alkyl or cyclic N) is 1. The van der Waals surface area contributed by atoms with E-state index in [1.165, 1.54) is 43.9 Å². The van der Waals surface area contributed by atoms with E-state index in [0.29, 0.717) is 10.6 Å². The Hall–Kier alpha value is -2.70. The van der Waals surface area contributed by atoms with Crippen LogP contribution in [0.2, 0.25) is 0 Å². The fourth-order valence-electron chi connectivity index (χ4n) is 2.55. The molecule has 1 aromatic carbocycles. The molecular weight excluding hydrogens is 382 g/mol. The third kappa shape index (κ3) is 4.18. The molecule has 1 heterocycles. The quantitative estimate of drug-likeness (QED) is 0.286. The van der Waals surface area contributed by atoms with Crippen molar-refractivity contribution in [3.05, 3.63) is 24.3 Å². The van der Waals surface area contributed by atoms with Crippen molar-refractivity contribution in [1.82, 2.24) is 15.3 Å². The van der Waals surface area contributed by atoms with Gasteiger partial charge < -0.3 is 14.7 Å². The van der Waals surface area contributed by atoms with Gasteiger partial charge in [-0.25, -0.2) is 18.7 Å². The lowest BCUT2D eigenvalue weighted by atomic mass is 10.1. The van der Waals surface area contributed by atoms with Gasteiger partial charge >= 0.3 is 6.03 Å². The number of amides is 4. The SMILES string of the molecule is COc1ccc(S(=O)(=O)CC(O)(CN2C(=O)CN(C)C2=O)C(=O)NO)cc1. The van der Waals surface area contributed by atoms with Gasteiger partial charge in [-0.3, -0.25) is 19.7 Å². The van der Waals surface area contributed by atoms with Gasteiger partial charge in [0, 0.05) is 7.05 Å². The lowest BCUT2D eigenvalue weighted by Crippen LogP contribution is -2.58. The second kappa shape index (κ2) is 7.50. The summed E-state index contributed by atoms with van der Waals surface area (Å²) in [5.41, 5.74) is -1.58. The van der Waals surface area contributed by atoms with Crippen LogP contribution in [0.1, 0.15) is 0 Å². The standard InChI is InChI=1S/C15H19N3O8S/c1-17-7-12(19)18(14(17)21)8-15(22,13(20)16-23)9-27(24,25)11-5-3-10(26-2)4-6-11/h3-6,22-23H,7-9H2,1-2H3,(H,16,20). The van der Waals surface area contributed by atoms with Crippen LogP contribution in [0.25, 0.3) is 0 Å². The highest BCUT2D eigenvalue weighted by molar-refractivity contribution is 7.91. The second-order valence-corrected chi connectivity index (χ2v) is 8.02. The highest BCUT2D eigenvalue weighted by Gasteiger charge is 2.47. The van der Waals surface area contributed by atoms with Crippen LogP contribution in [-0.2, 0) is 19.4 Å². The molecule has 0 saturated carbocycles. The number of carbonyl (C=O) groups excluding carboxylic acids is 3. The number of imide groups is 1. The van der Waals surface area contributed by atoms with Crippen molar-refractivity contribution in [2.45, 2.75) is 10.5 Å². The lowest BCUT2D eigenvalue weighted by molar-refractivity contribution is -0.148. The molecule has 1 aliphatic heterocycles. The largest absolute Gasteiger partial charge is 0.497 e. The van der Waals surface area contributed by atoms with E-state index in [-0.39, 0.29) is 11.4 Å². The molecule has 1 unspecified atom stereocenters. The molecule has 3 N–H and O–H groups in total. The van der Waals surface area contributed by atoms with Gasteiger partial charge in [-0.1, -0.05) is 0 Å². The molecule has 1 aliphatic rings. The molecule has 0 aromatic heterocycles. The highest BCUT2D eigenvalue weighted by Crippen LogP contribution is 2.22. The maximum atomic E-state index is 12.6. The number of sulfone groups is 1. The first-order chi connectivity index (χ1) is 12.5. The minimum Gasteiger partial charge on any atom is -0.497 e. The van der Waals surface area contributed by atoms with Crippen LogP contribution in [-0.4, -0.2) is 85.0 Å². The Kier molecular flexibility index (Phi) is 5.73. The number of aliphatic hydroxyl groups is 1. The second-order valence-electron chi connectivity index (χ2n) is 6.03. The molecule has 11 nitrogen and oxygen atoms in total. The minimum atomic E-state index is -4.23. The van der Waals surface area contributed by atoms with Gasteiger partial charge in [-0.15, -0.1) is 0 Å². The summed E-state index contributed by atoms with van der Waals surface area (Å²) in [7, 11) is -1.50. The van der Waals surface area contributed by atoms with Crippen LogP contribution < -0.4 is 10.2 Å². The summed E-state index contributed by atoms with van der Waals surface area (Å²) in [6.07, 6.45) is 0. The maximum absolute atomic E-state index is 12.6. The van der Waals surface area contributed by atoms with Crippen molar-refractivity contribution >= 4 is 27.7 Å². The average molecular weight is 401 g/mol. The Balaban J connectivity index is 2.33. The number of ether oxygens (including phenoxy) is 1. The predicted octanol–water partition coefficient (Wildman–Crippen LogP) is -1.40. The molecule has 4 amide bonds. The van der Waals surface area contributed by atoms with Gasteiger partial charge in [-0.05, 0) is 24.3 Å². The van der Waals surface area contributed by atoms with E-state index in [9.17, 15) is 27.9 Å². The fourth-order valence-corrected chi connectivity index (χ4v) is 4.12. The van der Waals surface area contributed by atoms with Crippen molar-refractivity contribution in [2.24, 2.45) is 0 Å². The van der Waals surface area contributed by atoms with E-state index in [1.807, 2.05) is 0 Å². The number of nitrogens with one attached hydrogen (secondary N) is 1. The third-order valence-corrected chi connectivity index (χ3v) is 5.87. The van der Waals surface area contributed by atoms with Gasteiger partial charge in [0.05, 0.1) is 24.3 Å². The molecule has 0 radical (unpaired) electrons. The van der Waals surface area contributed by atoms with Crippen LogP contribution in [0.3, 0.4) is 0 Å². The molecule has 1 aromatic rings. The van der Waals surface area contributed by atoms with E-state index < -0.39 is 45.6 Å². The Morgan fingerprint density at radius 2 is 1.89 bits per heavy atom. The van der Waals surface area contributed by atoms with Crippen LogP contribution in [0.4, 0.5) is 4.79 Å². The molecule has 1 saturated heterocycles. The number of nitrogens with zero attached hydrogens (tertiary/aromatic N) is 2. The summed E-state index contributed by atoms with van der Waals surface area (Å²) in [5.74, 6) is -2.95. The zero-order valence-electron chi connectivity index (χ0n) is 14.6. The van der Waals surface area contributed by atoms with Crippen molar-refractivity contribution in [2.75, 3.05) is 33.0 Å². The summed E-state index contributed by atoms with van der Waals surface area (Å²) in [4.78, 5) is 37.2. The summed E-state index contributed by atoms with van der Waals surface area (Å²) >= 11 is 0. The Morgan fingerprint density at radius 1 is 1.30 bits per heavy atom. The molecule has 1 atom stereocenters. The molecular formula is C15H19N3O8S. The van der Waals surface area contributed by atoms with E-state index in [4.69, 9.17) is 9.94 Å². The Labute approximate surface area is 155 Å². The maximum Gasteiger partial charge on any atom is 0.327 e. The normalized spacial score (nSPS) is 17.0. The Bertz CT molecular complexity index is 854. The number of carbonyl (C=O) groups is 3. The summed E-state index contributed by atoms with van der Waals surface area (Å²) in [6.45, 7) is -1.21. The van der Waals surface area contributed by atoms with Gasteiger partial charge in [0.25, 0.3) is 5.91 Å². The number of methoxy groups -OCH3 is 1. The van der Waals surface area contributed by atoms with Crippen molar-refractivity contribution in [3.8, 4) is 5.75 Å². The molecule has 1 fully saturated rings. The number of hydrogen-bond acceptors (Lipinski definition) is 8. The van der Waals surface area contributed by atoms with Gasteiger partial charge in [-0.2, -0.15) is 0 Å². The molecule has 12 heteroatoms. The average Bonchev–Trinajstić information content (AvgIpc) is 2.86. The topological polar surface area (TPSA) is 154 Å². The van der Waals surface area contributed by atoms with Gasteiger partial charge in [0.1, 0.15) is 12.3 Å². The fraction of sp³-hybridized carbons (Fsp3) is 0.400. The van der Waals surface area contributed by atoms with Gasteiger partial charge in [0.15, 0.2) is 15.4 Å². The first-order valence-corrected chi connectivity index (χ1v) is 9.28. The van der Waals surface area contributed by atoms with Crippen LogP contribution in [0, 0.1) is 0 Å². The molecule has 0 aliphatic carbocycles. The Morgan fingerprint density at radius 3 is 2.33 bits per heavy atom. The molecule has 27 heavy (non-hydrogen) atoms. The summed E-state index contributed by atoms with van der Waals surface area (Å²) in [6, 6.07) is 4.38. The first-order valence-electron chi connectivity index (χ1n) is 7.63. The van der Waals surface area contributed by atoms with Crippen LogP contribution in [0.15, 0.2) is 29.2 Å². The third-order valence-electron chi connectivity index (χ3n) is 4.02. The number of hydrogen-bond donors (Lipinski definition) is 3.